The van der Waals surface area contributed by atoms with Crippen LogP contribution < -0.4 is 19.2 Å². The number of hydrogen-bond donors (Lipinski definition) is 0. The molecule has 0 aliphatic rings. The SMILES string of the molecule is COc1ccnc(CS(=O)c2nc3cc(OC(F)F)ccc3[n-]2)c1OC.[Na]. The molecule has 0 spiro atoms. The number of ether oxygens (including phenoxy) is 3. The van der Waals surface area contributed by atoms with Crippen LogP contribution in [0.5, 0.6) is 17.2 Å². The zero-order valence-electron chi connectivity index (χ0n) is 14.8. The molecule has 11 heteroatoms. The monoisotopic (exact) mass is 405 g/mol. The molecule has 0 amide bonds. The van der Waals surface area contributed by atoms with Crippen LogP contribution in [0.25, 0.3) is 11.0 Å². The number of pyridine rings is 1. The van der Waals surface area contributed by atoms with Gasteiger partial charge in [0, 0.05) is 47.0 Å². The summed E-state index contributed by atoms with van der Waals surface area (Å²) in [6.07, 6.45) is 1.52. The summed E-state index contributed by atoms with van der Waals surface area (Å²) in [5.41, 5.74) is 1.18. The maximum Gasteiger partial charge on any atom is 0.387 e. The molecule has 0 saturated carbocycles. The molecular formula is C16H14F2N3NaO4S-. The maximum atomic E-state index is 12.6. The van der Waals surface area contributed by atoms with E-state index in [9.17, 15) is 13.0 Å². The Labute approximate surface area is 178 Å². The summed E-state index contributed by atoms with van der Waals surface area (Å²) in [5.74, 6) is 0.821. The molecule has 2 aromatic heterocycles. The van der Waals surface area contributed by atoms with E-state index in [4.69, 9.17) is 9.47 Å². The molecule has 1 unspecified atom stereocenters. The van der Waals surface area contributed by atoms with Crippen LogP contribution in [-0.2, 0) is 16.6 Å². The molecule has 3 aromatic rings. The summed E-state index contributed by atoms with van der Waals surface area (Å²) in [7, 11) is 1.34. The van der Waals surface area contributed by atoms with Crippen molar-refractivity contribution in [1.29, 1.82) is 0 Å². The van der Waals surface area contributed by atoms with Gasteiger partial charge in [0.05, 0.1) is 36.5 Å². The number of rotatable bonds is 7. The topological polar surface area (TPSA) is 84.6 Å². The molecule has 7 nitrogen and oxygen atoms in total. The minimum absolute atomic E-state index is 0. The first-order chi connectivity index (χ1) is 12.5. The predicted octanol–water partition coefficient (Wildman–Crippen LogP) is 2.13. The van der Waals surface area contributed by atoms with Crippen molar-refractivity contribution >= 4 is 51.4 Å². The number of alkyl halides is 2. The van der Waals surface area contributed by atoms with Gasteiger partial charge in [0.1, 0.15) is 5.75 Å². The second kappa shape index (κ2) is 9.45. The summed E-state index contributed by atoms with van der Waals surface area (Å²) >= 11 is 0. The van der Waals surface area contributed by atoms with Crippen LogP contribution in [0.2, 0.25) is 0 Å². The second-order valence-corrected chi connectivity index (χ2v) is 6.36. The molecule has 0 N–H and O–H groups in total. The van der Waals surface area contributed by atoms with E-state index >= 15 is 0 Å². The van der Waals surface area contributed by atoms with E-state index in [-0.39, 0.29) is 46.2 Å². The average Bonchev–Trinajstić information content (AvgIpc) is 3.04. The van der Waals surface area contributed by atoms with Crippen molar-refractivity contribution in [3.8, 4) is 17.2 Å². The van der Waals surface area contributed by atoms with Crippen LogP contribution >= 0.6 is 0 Å². The number of nitrogens with zero attached hydrogens (tertiary/aromatic N) is 3. The number of imidazole rings is 1. The Morgan fingerprint density at radius 3 is 2.67 bits per heavy atom. The van der Waals surface area contributed by atoms with Gasteiger partial charge in [0.2, 0.25) is 0 Å². The van der Waals surface area contributed by atoms with Gasteiger partial charge >= 0.3 is 6.61 Å². The molecule has 2 heterocycles. The van der Waals surface area contributed by atoms with Crippen molar-refractivity contribution in [2.24, 2.45) is 0 Å². The number of fused-ring (bicyclic) bond motifs is 1. The van der Waals surface area contributed by atoms with Gasteiger partial charge < -0.3 is 24.2 Å². The standard InChI is InChI=1S/C16H14F2N3O4S.Na/c1-23-13-5-6-19-12(14(13)24-2)8-26(22)16-20-10-4-3-9(25-15(17)18)7-11(10)21-16;/h3-7,15H,8H2,1-2H3;/q-1;. The Bertz CT molecular complexity index is 955. The Balaban J connectivity index is 0.00000261. The van der Waals surface area contributed by atoms with E-state index in [0.717, 1.165) is 0 Å². The van der Waals surface area contributed by atoms with Crippen LogP contribution in [0.1, 0.15) is 5.69 Å². The molecule has 0 aliphatic carbocycles. The fourth-order valence-corrected chi connectivity index (χ4v) is 3.32. The van der Waals surface area contributed by atoms with Crippen molar-refractivity contribution in [2.45, 2.75) is 17.5 Å². The number of benzene rings is 1. The molecule has 0 saturated heterocycles. The molecule has 0 bridgehead atoms. The Hall–Kier alpha value is -1.75. The molecule has 3 rings (SSSR count). The molecule has 27 heavy (non-hydrogen) atoms. The van der Waals surface area contributed by atoms with Gasteiger partial charge in [0.25, 0.3) is 0 Å². The normalized spacial score (nSPS) is 11.9. The first-order valence-electron chi connectivity index (χ1n) is 7.35. The van der Waals surface area contributed by atoms with Crippen molar-refractivity contribution in [2.75, 3.05) is 14.2 Å². The van der Waals surface area contributed by atoms with E-state index in [0.29, 0.717) is 28.2 Å². The largest absolute Gasteiger partial charge is 0.493 e. The van der Waals surface area contributed by atoms with Crippen molar-refractivity contribution in [1.82, 2.24) is 15.0 Å². The maximum absolute atomic E-state index is 12.6. The summed E-state index contributed by atoms with van der Waals surface area (Å²) in [6, 6.07) is 5.77. The van der Waals surface area contributed by atoms with E-state index in [1.807, 2.05) is 0 Å². The molecule has 1 atom stereocenters. The fourth-order valence-electron chi connectivity index (χ4n) is 2.34. The van der Waals surface area contributed by atoms with Gasteiger partial charge in [0.15, 0.2) is 11.5 Å². The molecule has 139 valence electrons. The van der Waals surface area contributed by atoms with E-state index < -0.39 is 17.4 Å². The average molecular weight is 405 g/mol. The van der Waals surface area contributed by atoms with Crippen LogP contribution in [0.4, 0.5) is 8.78 Å². The van der Waals surface area contributed by atoms with Crippen LogP contribution in [0, 0.1) is 0 Å². The summed E-state index contributed by atoms with van der Waals surface area (Å²) in [6.45, 7) is -2.93. The zero-order valence-corrected chi connectivity index (χ0v) is 17.6. The summed E-state index contributed by atoms with van der Waals surface area (Å²) in [4.78, 5) is 12.5. The molecule has 1 radical (unpaired) electrons. The summed E-state index contributed by atoms with van der Waals surface area (Å²) < 4.78 is 52.0. The second-order valence-electron chi connectivity index (χ2n) is 5.02. The minimum atomic E-state index is -2.93. The predicted molar refractivity (Wildman–Crippen MR) is 94.9 cm³/mol. The Kier molecular flexibility index (Phi) is 7.54. The van der Waals surface area contributed by atoms with Gasteiger partial charge in [-0.05, 0) is 23.2 Å². The first kappa shape index (κ1) is 21.5. The van der Waals surface area contributed by atoms with E-state index in [1.165, 1.54) is 38.6 Å². The number of halogens is 2. The van der Waals surface area contributed by atoms with Gasteiger partial charge in [-0.15, -0.1) is 0 Å². The third kappa shape index (κ3) is 4.95. The van der Waals surface area contributed by atoms with Gasteiger partial charge in [-0.3, -0.25) is 9.19 Å². The molecule has 0 aliphatic heterocycles. The van der Waals surface area contributed by atoms with E-state index in [2.05, 4.69) is 19.7 Å². The molecular weight excluding hydrogens is 391 g/mol. The Morgan fingerprint density at radius 2 is 2.00 bits per heavy atom. The van der Waals surface area contributed by atoms with Crippen molar-refractivity contribution in [3.63, 3.8) is 0 Å². The third-order valence-corrected chi connectivity index (χ3v) is 4.57. The van der Waals surface area contributed by atoms with Crippen LogP contribution in [0.3, 0.4) is 0 Å². The first-order valence-corrected chi connectivity index (χ1v) is 8.67. The Morgan fingerprint density at radius 1 is 1.22 bits per heavy atom. The fraction of sp³-hybridized carbons (Fsp3) is 0.250. The zero-order chi connectivity index (χ0) is 18.7. The van der Waals surface area contributed by atoms with Gasteiger partial charge in [-0.1, -0.05) is 6.07 Å². The van der Waals surface area contributed by atoms with Crippen molar-refractivity contribution in [3.05, 3.63) is 36.2 Å². The summed E-state index contributed by atoms with van der Waals surface area (Å²) in [5, 5.41) is 0.0702. The van der Waals surface area contributed by atoms with Gasteiger partial charge in [-0.2, -0.15) is 8.78 Å². The molecule has 1 aromatic carbocycles. The minimum Gasteiger partial charge on any atom is -0.493 e. The smallest absolute Gasteiger partial charge is 0.387 e. The van der Waals surface area contributed by atoms with E-state index in [1.54, 1.807) is 6.07 Å². The number of hydrogen-bond acceptors (Lipinski definition) is 6. The third-order valence-electron chi connectivity index (χ3n) is 3.44. The quantitative estimate of drug-likeness (QED) is 0.557. The van der Waals surface area contributed by atoms with Crippen LogP contribution in [0.15, 0.2) is 35.6 Å². The van der Waals surface area contributed by atoms with Crippen molar-refractivity contribution < 1.29 is 27.2 Å². The number of aromatic nitrogens is 3. The van der Waals surface area contributed by atoms with Gasteiger partial charge in [-0.25, -0.2) is 0 Å². The number of methoxy groups -OCH3 is 2. The molecule has 0 fully saturated rings. The van der Waals surface area contributed by atoms with Crippen LogP contribution in [-0.4, -0.2) is 64.6 Å².